The minimum Gasteiger partial charge on any atom is -0.475 e. The van der Waals surface area contributed by atoms with Gasteiger partial charge in [0.1, 0.15) is 30.1 Å². The van der Waals surface area contributed by atoms with Crippen LogP contribution in [0.25, 0.3) is 11.1 Å². The summed E-state index contributed by atoms with van der Waals surface area (Å²) in [5, 5.41) is 0. The van der Waals surface area contributed by atoms with Crippen LogP contribution >= 0.6 is 0 Å². The van der Waals surface area contributed by atoms with Crippen LogP contribution in [-0.2, 0) is 0 Å². The fourth-order valence-corrected chi connectivity index (χ4v) is 2.93. The van der Waals surface area contributed by atoms with Crippen LogP contribution in [-0.4, -0.2) is 29.0 Å². The monoisotopic (exact) mass is 350 g/mol. The van der Waals surface area contributed by atoms with Gasteiger partial charge >= 0.3 is 0 Å². The maximum absolute atomic E-state index is 13.9. The number of halogens is 1. The third kappa shape index (κ3) is 2.73. The number of ether oxygens (including phenoxy) is 1. The Bertz CT molecular complexity index is 976. The summed E-state index contributed by atoms with van der Waals surface area (Å²) in [5.41, 5.74) is 7.89. The number of amides is 1. The Morgan fingerprint density at radius 3 is 2.62 bits per heavy atom. The maximum atomic E-state index is 13.9. The van der Waals surface area contributed by atoms with Crippen molar-refractivity contribution in [2.24, 2.45) is 0 Å². The summed E-state index contributed by atoms with van der Waals surface area (Å²) in [6.07, 6.45) is 1.26. The van der Waals surface area contributed by atoms with Crippen molar-refractivity contribution in [2.45, 2.75) is 0 Å². The molecule has 1 aliphatic rings. The zero-order valence-corrected chi connectivity index (χ0v) is 13.7. The van der Waals surface area contributed by atoms with Crippen LogP contribution in [0.3, 0.4) is 0 Å². The van der Waals surface area contributed by atoms with E-state index in [2.05, 4.69) is 9.97 Å². The van der Waals surface area contributed by atoms with E-state index in [9.17, 15) is 9.18 Å². The summed E-state index contributed by atoms with van der Waals surface area (Å²) in [6, 6.07) is 13.6. The average Bonchev–Trinajstić information content (AvgIpc) is 2.82. The molecule has 4 rings (SSSR count). The predicted molar refractivity (Wildman–Crippen MR) is 95.5 cm³/mol. The summed E-state index contributed by atoms with van der Waals surface area (Å²) in [5.74, 6) is -0.351. The molecule has 0 aliphatic carbocycles. The molecule has 130 valence electrons. The quantitative estimate of drug-likeness (QED) is 0.768. The lowest BCUT2D eigenvalue weighted by Crippen LogP contribution is -2.32. The molecule has 1 aliphatic heterocycles. The van der Waals surface area contributed by atoms with Crippen LogP contribution in [0.15, 0.2) is 54.9 Å². The highest BCUT2D eigenvalue weighted by Gasteiger charge is 2.28. The Labute approximate surface area is 149 Å². The van der Waals surface area contributed by atoms with Crippen molar-refractivity contribution in [3.63, 3.8) is 0 Å². The van der Waals surface area contributed by atoms with Gasteiger partial charge in [-0.3, -0.25) is 4.79 Å². The molecular weight excluding hydrogens is 335 g/mol. The molecule has 0 spiro atoms. The van der Waals surface area contributed by atoms with Crippen LogP contribution in [0.2, 0.25) is 0 Å². The van der Waals surface area contributed by atoms with E-state index in [-0.39, 0.29) is 35.6 Å². The van der Waals surface area contributed by atoms with Gasteiger partial charge in [0.05, 0.1) is 6.54 Å². The van der Waals surface area contributed by atoms with Gasteiger partial charge in [0.2, 0.25) is 5.88 Å². The van der Waals surface area contributed by atoms with E-state index in [1.165, 1.54) is 12.4 Å². The first-order valence-corrected chi connectivity index (χ1v) is 8.05. The molecule has 3 aromatic rings. The number of benzene rings is 2. The second-order valence-electron chi connectivity index (χ2n) is 5.77. The Balaban J connectivity index is 1.69. The second-order valence-corrected chi connectivity index (χ2v) is 5.77. The van der Waals surface area contributed by atoms with E-state index < -0.39 is 0 Å². The SMILES string of the molecule is Nc1ncnc2c1C(=O)N(c1ccc(-c3ccccc3F)cc1)CCO2. The van der Waals surface area contributed by atoms with Gasteiger partial charge in [-0.25, -0.2) is 14.4 Å². The summed E-state index contributed by atoms with van der Waals surface area (Å²) < 4.78 is 19.5. The van der Waals surface area contributed by atoms with Crippen LogP contribution in [0, 0.1) is 5.82 Å². The number of hydrogen-bond donors (Lipinski definition) is 1. The number of aromatic nitrogens is 2. The van der Waals surface area contributed by atoms with E-state index in [0.29, 0.717) is 17.8 Å². The minimum atomic E-state index is -0.325. The van der Waals surface area contributed by atoms with E-state index in [0.717, 1.165) is 5.56 Å². The molecule has 0 saturated carbocycles. The molecule has 2 N–H and O–H groups in total. The fraction of sp³-hybridized carbons (Fsp3) is 0.105. The molecular formula is C19H15FN4O2. The highest BCUT2D eigenvalue weighted by molar-refractivity contribution is 6.10. The number of nitrogen functional groups attached to an aromatic ring is 1. The highest BCUT2D eigenvalue weighted by Crippen LogP contribution is 2.29. The molecule has 6 nitrogen and oxygen atoms in total. The number of carbonyl (C=O) groups is 1. The first kappa shape index (κ1) is 16.0. The first-order valence-electron chi connectivity index (χ1n) is 8.05. The lowest BCUT2D eigenvalue weighted by atomic mass is 10.0. The number of fused-ring (bicyclic) bond motifs is 1. The van der Waals surface area contributed by atoms with Crippen molar-refractivity contribution in [3.05, 3.63) is 66.2 Å². The van der Waals surface area contributed by atoms with Crippen LogP contribution in [0.4, 0.5) is 15.9 Å². The minimum absolute atomic E-state index is 0.0786. The molecule has 0 bridgehead atoms. The third-order valence-corrected chi connectivity index (χ3v) is 4.22. The van der Waals surface area contributed by atoms with Gasteiger partial charge in [0.25, 0.3) is 5.91 Å². The zero-order valence-electron chi connectivity index (χ0n) is 13.7. The van der Waals surface area contributed by atoms with E-state index in [4.69, 9.17) is 10.5 Å². The molecule has 2 aromatic carbocycles. The van der Waals surface area contributed by atoms with E-state index in [1.54, 1.807) is 47.4 Å². The van der Waals surface area contributed by atoms with Crippen molar-refractivity contribution < 1.29 is 13.9 Å². The maximum Gasteiger partial charge on any atom is 0.267 e. The first-order chi connectivity index (χ1) is 12.6. The van der Waals surface area contributed by atoms with Gasteiger partial charge in [0, 0.05) is 11.3 Å². The number of carbonyl (C=O) groups excluding carboxylic acids is 1. The molecule has 1 amide bonds. The summed E-state index contributed by atoms with van der Waals surface area (Å²) in [6.45, 7) is 0.623. The normalized spacial score (nSPS) is 13.7. The molecule has 0 fully saturated rings. The topological polar surface area (TPSA) is 81.3 Å². The number of anilines is 2. The van der Waals surface area contributed by atoms with Crippen molar-refractivity contribution in [1.29, 1.82) is 0 Å². The van der Waals surface area contributed by atoms with Crippen LogP contribution < -0.4 is 15.4 Å². The van der Waals surface area contributed by atoms with Crippen LogP contribution in [0.1, 0.15) is 10.4 Å². The Morgan fingerprint density at radius 1 is 1.08 bits per heavy atom. The van der Waals surface area contributed by atoms with Crippen LogP contribution in [0.5, 0.6) is 5.88 Å². The van der Waals surface area contributed by atoms with Gasteiger partial charge in [-0.1, -0.05) is 30.3 Å². The molecule has 0 saturated heterocycles. The third-order valence-electron chi connectivity index (χ3n) is 4.22. The van der Waals surface area contributed by atoms with Crippen molar-refractivity contribution in [3.8, 4) is 17.0 Å². The summed E-state index contributed by atoms with van der Waals surface area (Å²) in [7, 11) is 0. The highest BCUT2D eigenvalue weighted by atomic mass is 19.1. The molecule has 7 heteroatoms. The van der Waals surface area contributed by atoms with Gasteiger partial charge in [-0.05, 0) is 23.8 Å². The molecule has 0 atom stereocenters. The Hall–Kier alpha value is -3.48. The van der Waals surface area contributed by atoms with Gasteiger partial charge in [-0.15, -0.1) is 0 Å². The fourth-order valence-electron chi connectivity index (χ4n) is 2.93. The molecule has 1 aromatic heterocycles. The summed E-state index contributed by atoms with van der Waals surface area (Å²) >= 11 is 0. The lowest BCUT2D eigenvalue weighted by molar-refractivity contribution is 0.0990. The number of nitrogens with two attached hydrogens (primary N) is 1. The van der Waals surface area contributed by atoms with Gasteiger partial charge < -0.3 is 15.4 Å². The van der Waals surface area contributed by atoms with Crippen molar-refractivity contribution >= 4 is 17.4 Å². The Morgan fingerprint density at radius 2 is 1.85 bits per heavy atom. The van der Waals surface area contributed by atoms with Crippen molar-refractivity contribution in [2.75, 3.05) is 23.8 Å². The largest absolute Gasteiger partial charge is 0.475 e. The van der Waals surface area contributed by atoms with E-state index in [1.807, 2.05) is 0 Å². The van der Waals surface area contributed by atoms with Crippen molar-refractivity contribution in [1.82, 2.24) is 9.97 Å². The zero-order chi connectivity index (χ0) is 18.1. The Kier molecular flexibility index (Phi) is 3.96. The predicted octanol–water partition coefficient (Wildman–Crippen LogP) is 2.90. The van der Waals surface area contributed by atoms with Gasteiger partial charge in [0.15, 0.2) is 0 Å². The number of hydrogen-bond acceptors (Lipinski definition) is 5. The molecule has 0 radical (unpaired) electrons. The standard InChI is InChI=1S/C19H15FN4O2/c20-15-4-2-1-3-14(15)12-5-7-13(8-6-12)24-9-10-26-18-16(19(24)25)17(21)22-11-23-18/h1-8,11H,9-10H2,(H2,21,22,23). The summed E-state index contributed by atoms with van der Waals surface area (Å²) in [4.78, 5) is 22.3. The molecule has 0 unspecified atom stereocenters. The molecule has 26 heavy (non-hydrogen) atoms. The lowest BCUT2D eigenvalue weighted by Gasteiger charge is -2.20. The number of rotatable bonds is 2. The number of nitrogens with zero attached hydrogens (tertiary/aromatic N) is 3. The van der Waals surface area contributed by atoms with E-state index >= 15 is 0 Å². The second kappa shape index (κ2) is 6.44. The molecule has 2 heterocycles. The van der Waals surface area contributed by atoms with Gasteiger partial charge in [-0.2, -0.15) is 0 Å². The average molecular weight is 350 g/mol. The smallest absolute Gasteiger partial charge is 0.267 e.